The van der Waals surface area contributed by atoms with Crippen molar-refractivity contribution in [2.75, 3.05) is 11.9 Å². The van der Waals surface area contributed by atoms with Crippen molar-refractivity contribution in [2.24, 2.45) is 32.1 Å². The summed E-state index contributed by atoms with van der Waals surface area (Å²) in [5, 5.41) is 9.93. The van der Waals surface area contributed by atoms with Crippen molar-refractivity contribution in [3.05, 3.63) is 57.7 Å². The monoisotopic (exact) mass is 544 g/mol. The normalized spacial score (nSPS) is 15.8. The topological polar surface area (TPSA) is 105 Å². The molecule has 0 heterocycles. The first-order valence-electron chi connectivity index (χ1n) is 10.9. The highest BCUT2D eigenvalue weighted by Gasteiger charge is 2.17. The number of amidine groups is 1. The van der Waals surface area contributed by atoms with Gasteiger partial charge in [0.2, 0.25) is 0 Å². The summed E-state index contributed by atoms with van der Waals surface area (Å²) >= 11 is 2.28. The Bertz CT molecular complexity index is 994. The van der Waals surface area contributed by atoms with Gasteiger partial charge in [0.15, 0.2) is 0 Å². The molecule has 1 aliphatic carbocycles. The van der Waals surface area contributed by atoms with Crippen molar-refractivity contribution in [3.63, 3.8) is 0 Å². The van der Waals surface area contributed by atoms with Gasteiger partial charge in [0, 0.05) is 21.4 Å². The van der Waals surface area contributed by atoms with E-state index in [0.717, 1.165) is 22.8 Å². The van der Waals surface area contributed by atoms with Crippen molar-refractivity contribution >= 4 is 51.4 Å². The molecule has 1 aliphatic rings. The first-order valence-corrected chi connectivity index (χ1v) is 12.0. The minimum atomic E-state index is -0.414. The number of benzene rings is 2. The molecule has 1 saturated carbocycles. The summed E-state index contributed by atoms with van der Waals surface area (Å²) in [7, 11) is 0. The molecule has 2 aromatic rings. The maximum Gasteiger partial charge on any atom is 0.272 e. The molecule has 0 radical (unpaired) electrons. The zero-order chi connectivity index (χ0) is 22.8. The summed E-state index contributed by atoms with van der Waals surface area (Å²) in [6.45, 7) is 2.63. The smallest absolute Gasteiger partial charge is 0.272 e. The fraction of sp³-hybridized carbons (Fsp3) is 0.375. The molecule has 0 atom stereocenters. The van der Waals surface area contributed by atoms with Crippen molar-refractivity contribution in [1.82, 2.24) is 0 Å². The Morgan fingerprint density at radius 1 is 1.09 bits per heavy atom. The largest absolute Gasteiger partial charge is 0.344 e. The van der Waals surface area contributed by atoms with Crippen molar-refractivity contribution in [3.8, 4) is 0 Å². The number of aliphatic imine (C=N–C) groups is 2. The Labute approximate surface area is 202 Å². The van der Waals surface area contributed by atoms with Crippen molar-refractivity contribution < 1.29 is 4.79 Å². The molecular weight excluding hydrogens is 515 g/mol. The van der Waals surface area contributed by atoms with E-state index in [4.69, 9.17) is 15.8 Å². The lowest BCUT2D eigenvalue weighted by Crippen LogP contribution is -2.14. The third-order valence-corrected chi connectivity index (χ3v) is 6.14. The van der Waals surface area contributed by atoms with Gasteiger partial charge in [0.05, 0.1) is 17.8 Å². The van der Waals surface area contributed by atoms with E-state index >= 15 is 0 Å². The van der Waals surface area contributed by atoms with E-state index in [1.165, 1.54) is 35.7 Å². The van der Waals surface area contributed by atoms with Crippen LogP contribution in [0.2, 0.25) is 0 Å². The van der Waals surface area contributed by atoms with Crippen LogP contribution in [-0.4, -0.2) is 24.0 Å². The molecule has 8 heteroatoms. The molecule has 1 amide bonds. The minimum absolute atomic E-state index is 0.0452. The van der Waals surface area contributed by atoms with Gasteiger partial charge in [-0.1, -0.05) is 47.8 Å². The van der Waals surface area contributed by atoms with Crippen LogP contribution < -0.4 is 11.2 Å². The van der Waals surface area contributed by atoms with Crippen LogP contribution in [0.25, 0.3) is 0 Å². The fourth-order valence-electron chi connectivity index (χ4n) is 3.85. The third-order valence-electron chi connectivity index (χ3n) is 5.43. The van der Waals surface area contributed by atoms with Crippen LogP contribution >= 0.6 is 22.6 Å². The van der Waals surface area contributed by atoms with E-state index in [1.807, 2.05) is 55.5 Å². The zero-order valence-corrected chi connectivity index (χ0v) is 20.5. The Hall–Kier alpha value is -2.62. The summed E-state index contributed by atoms with van der Waals surface area (Å²) in [6.07, 6.45) is 6.22. The summed E-state index contributed by atoms with van der Waals surface area (Å²) in [5.74, 6) is 5.97. The maximum atomic E-state index is 12.2. The number of hydrogen-bond donors (Lipinski definition) is 2. The lowest BCUT2D eigenvalue weighted by Gasteiger charge is -2.20. The number of nitrogens with one attached hydrogen (secondary N) is 1. The Balaban J connectivity index is 1.86. The van der Waals surface area contributed by atoms with Gasteiger partial charge in [0.1, 0.15) is 5.84 Å². The highest BCUT2D eigenvalue weighted by atomic mass is 127. The lowest BCUT2D eigenvalue weighted by atomic mass is 9.89. The van der Waals surface area contributed by atoms with E-state index in [0.29, 0.717) is 18.2 Å². The molecular formula is C24H29IN6O. The second-order valence-corrected chi connectivity index (χ2v) is 9.17. The molecule has 1 fully saturated rings. The average molecular weight is 544 g/mol. The van der Waals surface area contributed by atoms with E-state index < -0.39 is 5.91 Å². The summed E-state index contributed by atoms with van der Waals surface area (Å²) in [6, 6.07) is 15.8. The van der Waals surface area contributed by atoms with Crippen LogP contribution in [0.1, 0.15) is 51.0 Å². The quantitative estimate of drug-likeness (QED) is 0.111. The number of carbonyl (C=O) groups is 1. The van der Waals surface area contributed by atoms with Gasteiger partial charge in [-0.25, -0.2) is 4.99 Å². The number of halogens is 1. The first-order chi connectivity index (χ1) is 15.5. The van der Waals surface area contributed by atoms with Gasteiger partial charge in [0.25, 0.3) is 5.91 Å². The predicted molar refractivity (Wildman–Crippen MR) is 139 cm³/mol. The molecule has 0 saturated heterocycles. The highest BCUT2D eigenvalue weighted by molar-refractivity contribution is 14.1. The van der Waals surface area contributed by atoms with Crippen LogP contribution in [0.5, 0.6) is 0 Å². The molecule has 7 nitrogen and oxygen atoms in total. The van der Waals surface area contributed by atoms with Crippen molar-refractivity contribution in [1.29, 1.82) is 0 Å². The van der Waals surface area contributed by atoms with Gasteiger partial charge in [-0.15, -0.1) is 0 Å². The van der Waals surface area contributed by atoms with E-state index in [9.17, 15) is 4.79 Å². The SMILES string of the molecule is C/C(=N\c1ccccc1/C(CC(=O)N=NN)=N/CC1CCCCC1)Nc1ccc(I)cc1. The Morgan fingerprint density at radius 2 is 1.81 bits per heavy atom. The van der Waals surface area contributed by atoms with E-state index in [-0.39, 0.29) is 6.42 Å². The number of amides is 1. The molecule has 0 aromatic heterocycles. The van der Waals surface area contributed by atoms with Crippen LogP contribution in [0, 0.1) is 9.49 Å². The number of hydrogen-bond acceptors (Lipinski definition) is 4. The molecule has 0 aliphatic heterocycles. The molecule has 0 unspecified atom stereocenters. The lowest BCUT2D eigenvalue weighted by molar-refractivity contribution is -0.117. The standard InChI is InChI=1S/C24H29IN6O/c1-17(28-20-13-11-19(25)12-14-20)29-22-10-6-5-9-21(22)23(15-24(32)30-31-26)27-16-18-7-3-2-4-8-18/h5-6,9-14,18H,2-4,7-8,15-16H2,1H3,(H,28,29)(H2,26,30,32)/b27-23+. The maximum absolute atomic E-state index is 12.2. The molecule has 0 spiro atoms. The Kier molecular flexibility index (Phi) is 9.33. The fourth-order valence-corrected chi connectivity index (χ4v) is 4.21. The minimum Gasteiger partial charge on any atom is -0.344 e. The van der Waals surface area contributed by atoms with E-state index in [1.54, 1.807) is 0 Å². The second kappa shape index (κ2) is 12.4. The van der Waals surface area contributed by atoms with Gasteiger partial charge >= 0.3 is 0 Å². The second-order valence-electron chi connectivity index (χ2n) is 7.92. The van der Waals surface area contributed by atoms with Crippen LogP contribution in [-0.2, 0) is 4.79 Å². The van der Waals surface area contributed by atoms with Crippen LogP contribution in [0.15, 0.2) is 68.9 Å². The summed E-state index contributed by atoms with van der Waals surface area (Å²) < 4.78 is 1.17. The number of para-hydroxylation sites is 1. The van der Waals surface area contributed by atoms with Gasteiger partial charge in [-0.3, -0.25) is 9.79 Å². The van der Waals surface area contributed by atoms with Crippen molar-refractivity contribution in [2.45, 2.75) is 45.4 Å². The zero-order valence-electron chi connectivity index (χ0n) is 18.3. The van der Waals surface area contributed by atoms with Gasteiger partial charge in [-0.2, -0.15) is 0 Å². The number of carbonyl (C=O) groups excluding carboxylic acids is 1. The number of anilines is 1. The first kappa shape index (κ1) is 24.0. The predicted octanol–water partition coefficient (Wildman–Crippen LogP) is 6.07. The Morgan fingerprint density at radius 3 is 2.53 bits per heavy atom. The third kappa shape index (κ3) is 7.51. The number of nitrogens with two attached hydrogens (primary N) is 1. The molecule has 32 heavy (non-hydrogen) atoms. The number of nitrogens with zero attached hydrogens (tertiary/aromatic N) is 4. The molecule has 168 valence electrons. The van der Waals surface area contributed by atoms with Gasteiger partial charge < -0.3 is 11.2 Å². The van der Waals surface area contributed by atoms with Crippen LogP contribution in [0.3, 0.4) is 0 Å². The molecule has 2 aromatic carbocycles. The molecule has 0 bridgehead atoms. The average Bonchev–Trinajstić information content (AvgIpc) is 2.79. The van der Waals surface area contributed by atoms with Crippen LogP contribution in [0.4, 0.5) is 11.4 Å². The molecule has 3 N–H and O–H groups in total. The molecule has 3 rings (SSSR count). The number of rotatable bonds is 7. The van der Waals surface area contributed by atoms with Gasteiger partial charge in [-0.05, 0) is 78.6 Å². The van der Waals surface area contributed by atoms with E-state index in [2.05, 4.69) is 38.2 Å². The summed E-state index contributed by atoms with van der Waals surface area (Å²) in [4.78, 5) is 21.9. The highest BCUT2D eigenvalue weighted by Crippen LogP contribution is 2.26. The summed E-state index contributed by atoms with van der Waals surface area (Å²) in [5.41, 5.74) is 3.22.